The van der Waals surface area contributed by atoms with Crippen LogP contribution in [0.4, 0.5) is 0 Å². The highest BCUT2D eigenvalue weighted by Crippen LogP contribution is 2.27. The van der Waals surface area contributed by atoms with Gasteiger partial charge in [0.25, 0.3) is 11.5 Å². The Kier molecular flexibility index (Phi) is 9.29. The molecule has 206 valence electrons. The van der Waals surface area contributed by atoms with Gasteiger partial charge in [0.1, 0.15) is 16.9 Å². The van der Waals surface area contributed by atoms with E-state index in [0.717, 1.165) is 55.3 Å². The summed E-state index contributed by atoms with van der Waals surface area (Å²) in [6.07, 6.45) is 12.8. The zero-order valence-corrected chi connectivity index (χ0v) is 23.0. The number of hydrogen-bond acceptors (Lipinski definition) is 4. The van der Waals surface area contributed by atoms with Crippen LogP contribution in [0.25, 0.3) is 0 Å². The summed E-state index contributed by atoms with van der Waals surface area (Å²) in [4.78, 5) is 40.2. The number of carbonyl (C=O) groups excluding carboxylic acids is 2. The van der Waals surface area contributed by atoms with E-state index in [0.29, 0.717) is 25.4 Å². The summed E-state index contributed by atoms with van der Waals surface area (Å²) in [5, 5.41) is 15.2. The first kappa shape index (κ1) is 27.9. The van der Waals surface area contributed by atoms with Crippen LogP contribution >= 0.6 is 0 Å². The van der Waals surface area contributed by atoms with E-state index < -0.39 is 11.4 Å². The van der Waals surface area contributed by atoms with E-state index in [9.17, 15) is 19.5 Å². The van der Waals surface area contributed by atoms with Crippen molar-refractivity contribution in [3.05, 3.63) is 63.1 Å². The Morgan fingerprint density at radius 3 is 2.34 bits per heavy atom. The summed E-state index contributed by atoms with van der Waals surface area (Å²) in [6, 6.07) is 8.66. The second-order valence-corrected chi connectivity index (χ2v) is 11.6. The number of aromatic hydroxyl groups is 1. The molecule has 0 bridgehead atoms. The molecule has 2 aliphatic carbocycles. The van der Waals surface area contributed by atoms with Crippen LogP contribution in [0.3, 0.4) is 0 Å². The van der Waals surface area contributed by atoms with Gasteiger partial charge in [0, 0.05) is 18.8 Å². The van der Waals surface area contributed by atoms with Gasteiger partial charge in [-0.3, -0.25) is 14.4 Å². The molecule has 0 spiro atoms. The van der Waals surface area contributed by atoms with Crippen molar-refractivity contribution in [3.8, 4) is 5.75 Å². The van der Waals surface area contributed by atoms with Crippen molar-refractivity contribution in [2.75, 3.05) is 6.54 Å². The van der Waals surface area contributed by atoms with Gasteiger partial charge >= 0.3 is 0 Å². The highest BCUT2D eigenvalue weighted by molar-refractivity contribution is 5.98. The number of carbonyl (C=O) groups is 2. The summed E-state index contributed by atoms with van der Waals surface area (Å²) in [7, 11) is 0. The van der Waals surface area contributed by atoms with Gasteiger partial charge in [0.15, 0.2) is 0 Å². The molecule has 2 amide bonds. The number of nitrogens with zero attached hydrogens (tertiary/aromatic N) is 1. The monoisotopic (exact) mass is 521 g/mol. The highest BCUT2D eigenvalue weighted by Gasteiger charge is 2.31. The maximum absolute atomic E-state index is 13.7. The van der Waals surface area contributed by atoms with Crippen LogP contribution in [-0.4, -0.2) is 33.6 Å². The van der Waals surface area contributed by atoms with Crippen LogP contribution in [0.2, 0.25) is 0 Å². The van der Waals surface area contributed by atoms with E-state index in [1.165, 1.54) is 32.1 Å². The van der Waals surface area contributed by atoms with Gasteiger partial charge in [-0.25, -0.2) is 0 Å². The molecule has 0 unspecified atom stereocenters. The molecule has 4 rings (SSSR count). The number of amides is 2. The van der Waals surface area contributed by atoms with Crippen molar-refractivity contribution in [1.29, 1.82) is 0 Å². The summed E-state index contributed by atoms with van der Waals surface area (Å²) in [5.74, 6) is -0.118. The van der Waals surface area contributed by atoms with E-state index >= 15 is 0 Å². The molecule has 1 aromatic heterocycles. The van der Waals surface area contributed by atoms with Crippen LogP contribution in [0.1, 0.15) is 98.8 Å². The van der Waals surface area contributed by atoms with Crippen LogP contribution in [0.15, 0.2) is 35.1 Å². The topological polar surface area (TPSA) is 100 Å². The van der Waals surface area contributed by atoms with Crippen LogP contribution in [0.5, 0.6) is 5.75 Å². The quantitative estimate of drug-likeness (QED) is 0.470. The lowest BCUT2D eigenvalue weighted by atomic mass is 9.88. The Morgan fingerprint density at radius 2 is 1.63 bits per heavy atom. The molecule has 38 heavy (non-hydrogen) atoms. The Labute approximate surface area is 226 Å². The minimum atomic E-state index is -1.18. The maximum Gasteiger partial charge on any atom is 0.263 e. The van der Waals surface area contributed by atoms with Crippen molar-refractivity contribution in [2.24, 2.45) is 5.92 Å². The summed E-state index contributed by atoms with van der Waals surface area (Å²) < 4.78 is 1.91. The Balaban J connectivity index is 1.50. The summed E-state index contributed by atoms with van der Waals surface area (Å²) in [6.45, 7) is 4.41. The largest absolute Gasteiger partial charge is 0.508 e. The molecule has 7 nitrogen and oxygen atoms in total. The zero-order chi connectivity index (χ0) is 27.1. The first-order valence-corrected chi connectivity index (χ1v) is 14.4. The molecule has 1 aromatic carbocycles. The van der Waals surface area contributed by atoms with Gasteiger partial charge < -0.3 is 20.3 Å². The van der Waals surface area contributed by atoms with Gasteiger partial charge in [0.2, 0.25) is 5.91 Å². The van der Waals surface area contributed by atoms with E-state index in [2.05, 4.69) is 10.6 Å². The average molecular weight is 522 g/mol. The number of aromatic nitrogens is 1. The molecule has 3 N–H and O–H groups in total. The van der Waals surface area contributed by atoms with E-state index in [-0.39, 0.29) is 22.8 Å². The predicted molar refractivity (Wildman–Crippen MR) is 150 cm³/mol. The molecule has 2 aliphatic rings. The van der Waals surface area contributed by atoms with Gasteiger partial charge in [-0.05, 0) is 94.0 Å². The number of rotatable bonds is 8. The van der Waals surface area contributed by atoms with Crippen molar-refractivity contribution < 1.29 is 14.7 Å². The normalized spacial score (nSPS) is 16.7. The Bertz CT molecular complexity index is 1180. The van der Waals surface area contributed by atoms with E-state index in [1.54, 1.807) is 32.0 Å². The van der Waals surface area contributed by atoms with Crippen LogP contribution in [-0.2, 0) is 30.6 Å². The molecule has 1 saturated carbocycles. The third-order valence-corrected chi connectivity index (χ3v) is 8.14. The number of hydrogen-bond donors (Lipinski definition) is 3. The smallest absolute Gasteiger partial charge is 0.263 e. The van der Waals surface area contributed by atoms with Crippen molar-refractivity contribution in [1.82, 2.24) is 15.2 Å². The molecule has 1 fully saturated rings. The number of fused-ring (bicyclic) bond motifs is 1. The van der Waals surface area contributed by atoms with Gasteiger partial charge in [0.05, 0.1) is 0 Å². The van der Waals surface area contributed by atoms with E-state index in [1.807, 2.05) is 16.7 Å². The number of pyridine rings is 1. The van der Waals surface area contributed by atoms with Crippen LogP contribution < -0.4 is 16.2 Å². The predicted octanol–water partition coefficient (Wildman–Crippen LogP) is 4.66. The zero-order valence-electron chi connectivity index (χ0n) is 23.0. The molecule has 0 radical (unpaired) electrons. The fraction of sp³-hybridized carbons (Fsp3) is 0.581. The van der Waals surface area contributed by atoms with Crippen molar-refractivity contribution >= 4 is 11.8 Å². The second-order valence-electron chi connectivity index (χ2n) is 11.6. The molecule has 1 heterocycles. The standard InChI is InChI=1S/C31H43N3O4/c1-31(2,30(38)32-19-18-22-14-16-25(35)17-15-22)33-28(36)26-20-24-12-8-3-4-9-13-27(24)34(29(26)37)21-23-10-6-5-7-11-23/h14-17,20,23,35H,3-13,18-19,21H2,1-2H3,(H,32,38)(H,33,36). The SMILES string of the molecule is CC(C)(NC(=O)c1cc2c(n(CC3CCCCC3)c1=O)CCCCCC2)C(=O)NCCc1ccc(O)cc1. The Hall–Kier alpha value is -3.09. The lowest BCUT2D eigenvalue weighted by Gasteiger charge is -2.28. The summed E-state index contributed by atoms with van der Waals surface area (Å²) >= 11 is 0. The molecule has 0 aliphatic heterocycles. The summed E-state index contributed by atoms with van der Waals surface area (Å²) in [5.41, 5.74) is 1.95. The first-order valence-electron chi connectivity index (χ1n) is 14.4. The minimum Gasteiger partial charge on any atom is -0.508 e. The third-order valence-electron chi connectivity index (χ3n) is 8.14. The molecular formula is C31H43N3O4. The van der Waals surface area contributed by atoms with Gasteiger partial charge in [-0.1, -0.05) is 44.2 Å². The van der Waals surface area contributed by atoms with E-state index in [4.69, 9.17) is 0 Å². The molecule has 0 atom stereocenters. The average Bonchev–Trinajstić information content (AvgIpc) is 2.88. The highest BCUT2D eigenvalue weighted by atomic mass is 16.3. The van der Waals surface area contributed by atoms with Crippen LogP contribution in [0, 0.1) is 5.92 Å². The van der Waals surface area contributed by atoms with Gasteiger partial charge in [-0.2, -0.15) is 0 Å². The lowest BCUT2D eigenvalue weighted by molar-refractivity contribution is -0.126. The maximum atomic E-state index is 13.7. The van der Waals surface area contributed by atoms with Crippen molar-refractivity contribution in [3.63, 3.8) is 0 Å². The Morgan fingerprint density at radius 1 is 0.974 bits per heavy atom. The number of phenols is 1. The number of benzene rings is 1. The van der Waals surface area contributed by atoms with Gasteiger partial charge in [-0.15, -0.1) is 0 Å². The first-order chi connectivity index (χ1) is 18.2. The minimum absolute atomic E-state index is 0.144. The fourth-order valence-corrected chi connectivity index (χ4v) is 5.83. The van der Waals surface area contributed by atoms with Crippen molar-refractivity contribution in [2.45, 2.75) is 103 Å². The molecule has 7 heteroatoms. The number of nitrogens with one attached hydrogen (secondary N) is 2. The number of aryl methyl sites for hydroxylation is 1. The molecule has 2 aromatic rings. The fourth-order valence-electron chi connectivity index (χ4n) is 5.83. The molecular weight excluding hydrogens is 478 g/mol. The molecule has 0 saturated heterocycles. The third kappa shape index (κ3) is 7.06. The lowest BCUT2D eigenvalue weighted by Crippen LogP contribution is -2.55. The second kappa shape index (κ2) is 12.6. The number of phenolic OH excluding ortho intramolecular Hbond substituents is 1.